The maximum Gasteiger partial charge on any atom is 0.178 e. The quantitative estimate of drug-likeness (QED) is 0.243. The highest BCUT2D eigenvalue weighted by molar-refractivity contribution is 5.96. The van der Waals surface area contributed by atoms with Crippen molar-refractivity contribution in [3.8, 4) is 33.9 Å². The summed E-state index contributed by atoms with van der Waals surface area (Å²) in [6.45, 7) is 0. The minimum absolute atomic E-state index is 0.295. The number of hydrogen-bond acceptors (Lipinski definition) is 7. The number of H-pyrrole nitrogens is 2. The fourth-order valence-electron chi connectivity index (χ4n) is 4.54. The van der Waals surface area contributed by atoms with Crippen LogP contribution in [0.4, 0.5) is 10.1 Å². The summed E-state index contributed by atoms with van der Waals surface area (Å²) in [4.78, 5) is 21.2. The zero-order valence-corrected chi connectivity index (χ0v) is 19.5. The van der Waals surface area contributed by atoms with Gasteiger partial charge in [0.05, 0.1) is 34.8 Å². The van der Waals surface area contributed by atoms with Crippen molar-refractivity contribution in [2.45, 2.75) is 19.1 Å². The SMILES string of the molecule is OC(Nc1cncc(-c2cc3c(-c4nc5nccc(-c6ccccc6F)c5[nH]4)n[nH]c3cn2)c1)C1CC1. The predicted molar refractivity (Wildman–Crippen MR) is 138 cm³/mol. The van der Waals surface area contributed by atoms with Crippen molar-refractivity contribution in [2.24, 2.45) is 5.92 Å². The number of nitrogens with zero attached hydrogens (tertiary/aromatic N) is 5. The van der Waals surface area contributed by atoms with Crippen LogP contribution < -0.4 is 5.32 Å². The molecule has 0 radical (unpaired) electrons. The van der Waals surface area contributed by atoms with Crippen LogP contribution in [0.25, 0.3) is 56.0 Å². The Kier molecular flexibility index (Phi) is 4.93. The van der Waals surface area contributed by atoms with Crippen molar-refractivity contribution in [1.82, 2.24) is 35.1 Å². The number of aliphatic hydroxyl groups excluding tert-OH is 1. The molecule has 0 spiro atoms. The molecule has 182 valence electrons. The summed E-state index contributed by atoms with van der Waals surface area (Å²) in [7, 11) is 0. The molecule has 1 unspecified atom stereocenters. The van der Waals surface area contributed by atoms with Crippen molar-refractivity contribution >= 4 is 27.8 Å². The van der Waals surface area contributed by atoms with Crippen molar-refractivity contribution < 1.29 is 9.50 Å². The summed E-state index contributed by atoms with van der Waals surface area (Å²) in [5.74, 6) is 0.488. The van der Waals surface area contributed by atoms with Crippen LogP contribution in [0.2, 0.25) is 0 Å². The van der Waals surface area contributed by atoms with Gasteiger partial charge in [0.15, 0.2) is 11.5 Å². The molecule has 7 rings (SSSR count). The Labute approximate surface area is 209 Å². The van der Waals surface area contributed by atoms with Crippen molar-refractivity contribution in [2.75, 3.05) is 5.32 Å². The first kappa shape index (κ1) is 21.6. The van der Waals surface area contributed by atoms with E-state index in [1.807, 2.05) is 12.1 Å². The van der Waals surface area contributed by atoms with Crippen LogP contribution in [0.1, 0.15) is 12.8 Å². The second-order valence-corrected chi connectivity index (χ2v) is 9.20. The lowest BCUT2D eigenvalue weighted by Crippen LogP contribution is -2.20. The van der Waals surface area contributed by atoms with E-state index in [2.05, 4.69) is 40.4 Å². The van der Waals surface area contributed by atoms with Crippen LogP contribution in [0.15, 0.2) is 67.3 Å². The summed E-state index contributed by atoms with van der Waals surface area (Å²) in [5.41, 5.74) is 5.82. The second kappa shape index (κ2) is 8.45. The van der Waals surface area contributed by atoms with Crippen molar-refractivity contribution in [3.05, 3.63) is 73.1 Å². The number of anilines is 1. The van der Waals surface area contributed by atoms with Gasteiger partial charge in [0, 0.05) is 40.4 Å². The van der Waals surface area contributed by atoms with Gasteiger partial charge in [0.25, 0.3) is 0 Å². The predicted octanol–water partition coefficient (Wildman–Crippen LogP) is 4.90. The third-order valence-electron chi connectivity index (χ3n) is 6.64. The van der Waals surface area contributed by atoms with Gasteiger partial charge in [-0.25, -0.2) is 14.4 Å². The van der Waals surface area contributed by atoms with Crippen molar-refractivity contribution in [3.63, 3.8) is 0 Å². The Morgan fingerprint density at radius 2 is 1.92 bits per heavy atom. The number of fused-ring (bicyclic) bond motifs is 2. The van der Waals surface area contributed by atoms with Crippen LogP contribution in [0, 0.1) is 11.7 Å². The number of pyridine rings is 3. The van der Waals surface area contributed by atoms with Gasteiger partial charge in [0.2, 0.25) is 0 Å². The minimum atomic E-state index is -0.580. The molecule has 1 fully saturated rings. The highest BCUT2D eigenvalue weighted by Crippen LogP contribution is 2.34. The number of nitrogens with one attached hydrogen (secondary N) is 3. The molecule has 5 aromatic heterocycles. The highest BCUT2D eigenvalue weighted by atomic mass is 19.1. The summed E-state index contributed by atoms with van der Waals surface area (Å²) in [6.07, 6.45) is 8.23. The first-order chi connectivity index (χ1) is 18.1. The summed E-state index contributed by atoms with van der Waals surface area (Å²) in [5, 5.41) is 21.7. The van der Waals surface area contributed by atoms with Crippen LogP contribution in [0.5, 0.6) is 0 Å². The monoisotopic (exact) mass is 492 g/mol. The highest BCUT2D eigenvalue weighted by Gasteiger charge is 2.29. The van der Waals surface area contributed by atoms with Gasteiger partial charge in [-0.15, -0.1) is 0 Å². The number of halogens is 1. The molecule has 0 bridgehead atoms. The molecule has 1 aliphatic rings. The molecule has 1 aromatic carbocycles. The number of aromatic nitrogens is 7. The Balaban J connectivity index is 1.29. The van der Waals surface area contributed by atoms with E-state index < -0.39 is 6.23 Å². The lowest BCUT2D eigenvalue weighted by molar-refractivity contribution is 0.180. The molecule has 1 saturated carbocycles. The molecule has 4 N–H and O–H groups in total. The maximum absolute atomic E-state index is 14.5. The van der Waals surface area contributed by atoms with E-state index in [1.54, 1.807) is 49.1 Å². The molecule has 1 atom stereocenters. The molecule has 1 aliphatic carbocycles. The molecule has 6 aromatic rings. The fraction of sp³-hybridized carbons (Fsp3) is 0.148. The minimum Gasteiger partial charge on any atom is -0.374 e. The van der Waals surface area contributed by atoms with Gasteiger partial charge < -0.3 is 15.4 Å². The first-order valence-electron chi connectivity index (χ1n) is 12.0. The van der Waals surface area contributed by atoms with Gasteiger partial charge in [-0.05, 0) is 37.1 Å². The molecule has 0 aliphatic heterocycles. The Morgan fingerprint density at radius 1 is 1.03 bits per heavy atom. The van der Waals surface area contributed by atoms with Gasteiger partial charge in [-0.3, -0.25) is 15.1 Å². The zero-order valence-electron chi connectivity index (χ0n) is 19.5. The number of imidazole rings is 1. The second-order valence-electron chi connectivity index (χ2n) is 9.20. The lowest BCUT2D eigenvalue weighted by Gasteiger charge is -2.13. The van der Waals surface area contributed by atoms with Crippen LogP contribution in [-0.2, 0) is 0 Å². The van der Waals surface area contributed by atoms with Gasteiger partial charge in [-0.2, -0.15) is 5.10 Å². The average Bonchev–Trinajstić information content (AvgIpc) is 3.55. The van der Waals surface area contributed by atoms with E-state index in [0.29, 0.717) is 45.4 Å². The lowest BCUT2D eigenvalue weighted by atomic mass is 10.1. The standard InChI is InChI=1S/C27H21FN8O/c28-20-4-2-1-3-17(20)18-7-8-30-25-23(18)33-26(34-25)24-19-10-21(31-13-22(19)35-36-24)15-9-16(12-29-11-15)32-27(37)14-5-6-14/h1-4,7-14,27,32,37H,5-6H2,(H,35,36)(H,30,33,34). The number of aromatic amines is 2. The van der Waals surface area contributed by atoms with E-state index in [-0.39, 0.29) is 5.82 Å². The number of hydrogen-bond donors (Lipinski definition) is 4. The molecule has 0 saturated heterocycles. The molecular weight excluding hydrogens is 471 g/mol. The average molecular weight is 493 g/mol. The molecule has 37 heavy (non-hydrogen) atoms. The third kappa shape index (κ3) is 3.87. The summed E-state index contributed by atoms with van der Waals surface area (Å²) < 4.78 is 14.5. The van der Waals surface area contributed by atoms with Crippen LogP contribution in [-0.4, -0.2) is 46.5 Å². The number of rotatable bonds is 6. The zero-order chi connectivity index (χ0) is 24.9. The number of aliphatic hydroxyl groups is 1. The maximum atomic E-state index is 14.5. The Morgan fingerprint density at radius 3 is 2.78 bits per heavy atom. The summed E-state index contributed by atoms with van der Waals surface area (Å²) >= 11 is 0. The van der Waals surface area contributed by atoms with E-state index >= 15 is 0 Å². The summed E-state index contributed by atoms with van der Waals surface area (Å²) in [6, 6.07) is 12.2. The van der Waals surface area contributed by atoms with E-state index in [0.717, 1.165) is 35.0 Å². The number of benzene rings is 1. The van der Waals surface area contributed by atoms with Gasteiger partial charge >= 0.3 is 0 Å². The van der Waals surface area contributed by atoms with E-state index in [4.69, 9.17) is 0 Å². The normalized spacial score (nSPS) is 14.3. The topological polar surface area (TPSA) is 128 Å². The van der Waals surface area contributed by atoms with Gasteiger partial charge in [0.1, 0.15) is 17.7 Å². The third-order valence-corrected chi connectivity index (χ3v) is 6.64. The smallest absolute Gasteiger partial charge is 0.178 e. The Hall–Kier alpha value is -4.70. The van der Waals surface area contributed by atoms with Crippen LogP contribution >= 0.6 is 0 Å². The van der Waals surface area contributed by atoms with Gasteiger partial charge in [-0.1, -0.05) is 18.2 Å². The molecule has 10 heteroatoms. The molecule has 9 nitrogen and oxygen atoms in total. The van der Waals surface area contributed by atoms with E-state index in [9.17, 15) is 9.50 Å². The van der Waals surface area contributed by atoms with E-state index in [1.165, 1.54) is 6.07 Å². The fourth-order valence-corrected chi connectivity index (χ4v) is 4.54. The molecule has 5 heterocycles. The first-order valence-corrected chi connectivity index (χ1v) is 12.0. The molecular formula is C27H21FN8O. The van der Waals surface area contributed by atoms with Crippen molar-refractivity contribution in [1.29, 1.82) is 0 Å². The largest absolute Gasteiger partial charge is 0.374 e. The Bertz CT molecular complexity index is 1770. The van der Waals surface area contributed by atoms with Crippen LogP contribution in [0.3, 0.4) is 0 Å². The molecule has 0 amide bonds.